The first-order valence-electron chi connectivity index (χ1n) is 6.56. The molecule has 1 unspecified atom stereocenters. The molecule has 0 aliphatic rings. The van der Waals surface area contributed by atoms with E-state index in [1.54, 1.807) is 25.6 Å². The third kappa shape index (κ3) is 2.59. The lowest BCUT2D eigenvalue weighted by molar-refractivity contribution is 0.416. The third-order valence-corrected chi connectivity index (χ3v) is 5.07. The Bertz CT molecular complexity index is 766. The molecule has 1 atom stereocenters. The van der Waals surface area contributed by atoms with E-state index < -0.39 is 0 Å². The lowest BCUT2D eigenvalue weighted by atomic mass is 10.0. The Morgan fingerprint density at radius 3 is 2.43 bits per heavy atom. The van der Waals surface area contributed by atoms with Crippen molar-refractivity contribution in [3.8, 4) is 11.5 Å². The minimum absolute atomic E-state index is 0.199. The van der Waals surface area contributed by atoms with Gasteiger partial charge in [0.25, 0.3) is 0 Å². The van der Waals surface area contributed by atoms with Crippen LogP contribution in [-0.2, 0) is 0 Å². The van der Waals surface area contributed by atoms with Crippen LogP contribution in [0.15, 0.2) is 47.8 Å². The Morgan fingerprint density at radius 2 is 1.76 bits per heavy atom. The van der Waals surface area contributed by atoms with Crippen molar-refractivity contribution >= 4 is 33.7 Å². The van der Waals surface area contributed by atoms with E-state index in [0.717, 1.165) is 32.7 Å². The van der Waals surface area contributed by atoms with Crippen molar-refractivity contribution in [3.05, 3.63) is 58.3 Å². The van der Waals surface area contributed by atoms with Crippen molar-refractivity contribution < 1.29 is 9.47 Å². The summed E-state index contributed by atoms with van der Waals surface area (Å²) in [5, 5.41) is 3.96. The van der Waals surface area contributed by atoms with Crippen LogP contribution in [0.25, 0.3) is 10.8 Å². The number of thiophene rings is 1. The van der Waals surface area contributed by atoms with Gasteiger partial charge in [-0.3, -0.25) is 0 Å². The number of benzene rings is 2. The number of methoxy groups -OCH3 is 2. The molecule has 0 fully saturated rings. The molecular weight excluding hydrogens is 304 g/mol. The Morgan fingerprint density at radius 1 is 1.00 bits per heavy atom. The zero-order chi connectivity index (χ0) is 14.8. The molecule has 0 saturated heterocycles. The highest BCUT2D eigenvalue weighted by Gasteiger charge is 2.17. The molecule has 0 aliphatic carbocycles. The van der Waals surface area contributed by atoms with E-state index in [4.69, 9.17) is 21.1 Å². The lowest BCUT2D eigenvalue weighted by Gasteiger charge is -2.14. The van der Waals surface area contributed by atoms with Gasteiger partial charge in [-0.1, -0.05) is 30.3 Å². The van der Waals surface area contributed by atoms with Crippen molar-refractivity contribution in [3.63, 3.8) is 0 Å². The van der Waals surface area contributed by atoms with Crippen molar-refractivity contribution in [1.82, 2.24) is 0 Å². The van der Waals surface area contributed by atoms with Gasteiger partial charge in [-0.05, 0) is 23.1 Å². The standard InChI is InChI=1S/C17H15ClO2S/c1-19-11-9-16(21-10-11)17(18)14-7-8-15(20-2)13-6-4-3-5-12(13)14/h3-10,17H,1-2H3. The Balaban J connectivity index is 2.11. The molecule has 0 amide bonds. The molecule has 108 valence electrons. The summed E-state index contributed by atoms with van der Waals surface area (Å²) in [6, 6.07) is 14.1. The summed E-state index contributed by atoms with van der Waals surface area (Å²) in [6.45, 7) is 0. The lowest BCUT2D eigenvalue weighted by Crippen LogP contribution is -1.94. The van der Waals surface area contributed by atoms with Crippen molar-refractivity contribution in [2.24, 2.45) is 0 Å². The first kappa shape index (κ1) is 14.2. The first-order chi connectivity index (χ1) is 10.2. The second-order valence-electron chi connectivity index (χ2n) is 4.65. The van der Waals surface area contributed by atoms with Gasteiger partial charge in [-0.15, -0.1) is 22.9 Å². The summed E-state index contributed by atoms with van der Waals surface area (Å²) in [5.41, 5.74) is 1.08. The van der Waals surface area contributed by atoms with Crippen LogP contribution in [0, 0.1) is 0 Å². The molecule has 3 rings (SSSR count). The van der Waals surface area contributed by atoms with Crippen LogP contribution in [-0.4, -0.2) is 14.2 Å². The molecule has 0 saturated carbocycles. The van der Waals surface area contributed by atoms with Crippen LogP contribution in [0.1, 0.15) is 15.8 Å². The number of halogens is 1. The van der Waals surface area contributed by atoms with E-state index in [2.05, 4.69) is 12.1 Å². The predicted octanol–water partition coefficient (Wildman–Crippen LogP) is 5.25. The van der Waals surface area contributed by atoms with Crippen LogP contribution in [0.5, 0.6) is 11.5 Å². The fraction of sp³-hybridized carbons (Fsp3) is 0.176. The number of rotatable bonds is 4. The number of hydrogen-bond donors (Lipinski definition) is 0. The van der Waals surface area contributed by atoms with Crippen molar-refractivity contribution in [1.29, 1.82) is 0 Å². The largest absolute Gasteiger partial charge is 0.496 e. The van der Waals surface area contributed by atoms with E-state index in [0.29, 0.717) is 0 Å². The van der Waals surface area contributed by atoms with Crippen LogP contribution in [0.3, 0.4) is 0 Å². The van der Waals surface area contributed by atoms with Gasteiger partial charge in [0.15, 0.2) is 0 Å². The second-order valence-corrected chi connectivity index (χ2v) is 6.03. The van der Waals surface area contributed by atoms with Gasteiger partial charge in [-0.25, -0.2) is 0 Å². The highest BCUT2D eigenvalue weighted by Crippen LogP contribution is 2.40. The molecular formula is C17H15ClO2S. The number of fused-ring (bicyclic) bond motifs is 1. The van der Waals surface area contributed by atoms with Crippen molar-refractivity contribution in [2.45, 2.75) is 5.38 Å². The average molecular weight is 319 g/mol. The van der Waals surface area contributed by atoms with Gasteiger partial charge in [0.2, 0.25) is 0 Å². The van der Waals surface area contributed by atoms with Gasteiger partial charge in [-0.2, -0.15) is 0 Å². The number of ether oxygens (including phenoxy) is 2. The van der Waals surface area contributed by atoms with Crippen molar-refractivity contribution in [2.75, 3.05) is 14.2 Å². The van der Waals surface area contributed by atoms with E-state index in [1.165, 1.54) is 0 Å². The maximum Gasteiger partial charge on any atom is 0.129 e. The van der Waals surface area contributed by atoms with Gasteiger partial charge in [0, 0.05) is 15.6 Å². The highest BCUT2D eigenvalue weighted by atomic mass is 35.5. The quantitative estimate of drug-likeness (QED) is 0.612. The maximum absolute atomic E-state index is 6.69. The first-order valence-corrected chi connectivity index (χ1v) is 7.88. The fourth-order valence-electron chi connectivity index (χ4n) is 2.42. The summed E-state index contributed by atoms with van der Waals surface area (Å²) < 4.78 is 10.7. The van der Waals surface area contributed by atoms with Crippen LogP contribution in [0.4, 0.5) is 0 Å². The summed E-state index contributed by atoms with van der Waals surface area (Å²) in [6.07, 6.45) is 0. The molecule has 1 heterocycles. The molecule has 0 radical (unpaired) electrons. The third-order valence-electron chi connectivity index (χ3n) is 3.49. The van der Waals surface area contributed by atoms with Gasteiger partial charge < -0.3 is 9.47 Å². The molecule has 2 aromatic carbocycles. The van der Waals surface area contributed by atoms with Gasteiger partial charge in [0.05, 0.1) is 19.6 Å². The molecule has 3 aromatic rings. The van der Waals surface area contributed by atoms with Crippen LogP contribution >= 0.6 is 22.9 Å². The molecule has 0 spiro atoms. The van der Waals surface area contributed by atoms with Gasteiger partial charge >= 0.3 is 0 Å². The number of hydrogen-bond acceptors (Lipinski definition) is 3. The maximum atomic E-state index is 6.69. The number of alkyl halides is 1. The molecule has 0 bridgehead atoms. The van der Waals surface area contributed by atoms with E-state index in [1.807, 2.05) is 35.7 Å². The Hall–Kier alpha value is -1.71. The molecule has 4 heteroatoms. The monoisotopic (exact) mass is 318 g/mol. The zero-order valence-corrected chi connectivity index (χ0v) is 13.4. The Kier molecular flexibility index (Phi) is 4.04. The molecule has 21 heavy (non-hydrogen) atoms. The average Bonchev–Trinajstić information content (AvgIpc) is 3.02. The van der Waals surface area contributed by atoms with E-state index in [-0.39, 0.29) is 5.38 Å². The fourth-order valence-corrected chi connectivity index (χ4v) is 3.68. The van der Waals surface area contributed by atoms with E-state index >= 15 is 0 Å². The Labute approximate surface area is 132 Å². The van der Waals surface area contributed by atoms with Gasteiger partial charge in [0.1, 0.15) is 11.5 Å². The predicted molar refractivity (Wildman–Crippen MR) is 89.1 cm³/mol. The minimum Gasteiger partial charge on any atom is -0.496 e. The molecule has 0 N–H and O–H groups in total. The molecule has 1 aromatic heterocycles. The SMILES string of the molecule is COc1csc(C(Cl)c2ccc(OC)c3ccccc23)c1. The molecule has 0 aliphatic heterocycles. The summed E-state index contributed by atoms with van der Waals surface area (Å²) in [4.78, 5) is 1.07. The van der Waals surface area contributed by atoms with E-state index in [9.17, 15) is 0 Å². The zero-order valence-electron chi connectivity index (χ0n) is 11.8. The minimum atomic E-state index is -0.199. The summed E-state index contributed by atoms with van der Waals surface area (Å²) in [5.74, 6) is 1.71. The summed E-state index contributed by atoms with van der Waals surface area (Å²) >= 11 is 8.30. The molecule has 2 nitrogen and oxygen atoms in total. The van der Waals surface area contributed by atoms with Crippen LogP contribution in [0.2, 0.25) is 0 Å². The summed E-state index contributed by atoms with van der Waals surface area (Å²) in [7, 11) is 3.35. The smallest absolute Gasteiger partial charge is 0.129 e. The second kappa shape index (κ2) is 5.96. The highest BCUT2D eigenvalue weighted by molar-refractivity contribution is 7.10. The van der Waals surface area contributed by atoms with Crippen LogP contribution < -0.4 is 9.47 Å². The normalized spacial score (nSPS) is 12.3. The topological polar surface area (TPSA) is 18.5 Å².